The number of unbranched alkanes of at least 4 members (excludes halogenated alkanes) is 10. The van der Waals surface area contributed by atoms with Crippen LogP contribution >= 0.6 is 12.2 Å². The Morgan fingerprint density at radius 2 is 1.58 bits per heavy atom. The van der Waals surface area contributed by atoms with Crippen LogP contribution in [0.4, 0.5) is 0 Å². The number of rotatable bonds is 18. The highest BCUT2D eigenvalue weighted by Crippen LogP contribution is 2.10. The first-order valence-corrected chi connectivity index (χ1v) is 10.1. The number of carboxylic acids is 1. The van der Waals surface area contributed by atoms with E-state index in [2.05, 4.69) is 34.6 Å². The number of carboxylic acid groups (broad SMARTS) is 1. The van der Waals surface area contributed by atoms with Gasteiger partial charge in [-0.25, -0.2) is 4.99 Å². The summed E-state index contributed by atoms with van der Waals surface area (Å²) in [6.07, 6.45) is 15.4. The number of nitrogens with one attached hydrogen (secondary N) is 1. The molecule has 0 saturated heterocycles. The molecule has 0 aromatic rings. The van der Waals surface area contributed by atoms with Crippen LogP contribution in [0.1, 0.15) is 90.4 Å². The molecule has 1 atom stereocenters. The van der Waals surface area contributed by atoms with E-state index in [0.29, 0.717) is 13.0 Å². The molecule has 1 unspecified atom stereocenters. The first kappa shape index (κ1) is 23.2. The van der Waals surface area contributed by atoms with Crippen molar-refractivity contribution in [3.63, 3.8) is 0 Å². The summed E-state index contributed by atoms with van der Waals surface area (Å²) < 4.78 is 0. The van der Waals surface area contributed by atoms with E-state index in [9.17, 15) is 9.90 Å². The van der Waals surface area contributed by atoms with Crippen LogP contribution in [-0.2, 0) is 4.79 Å². The number of aliphatic imine (C=N–C) groups is 1. The first-order valence-electron chi connectivity index (χ1n) is 9.72. The molecule has 2 N–H and O–H groups in total. The smallest absolute Gasteiger partial charge is 0.320 e. The molecule has 0 aliphatic heterocycles. The van der Waals surface area contributed by atoms with Crippen molar-refractivity contribution in [3.05, 3.63) is 0 Å². The molecule has 4 nitrogen and oxygen atoms in total. The molecular weight excluding hydrogens is 320 g/mol. The Bertz CT molecular complexity index is 344. The summed E-state index contributed by atoms with van der Waals surface area (Å²) in [4.78, 5) is 15.1. The summed E-state index contributed by atoms with van der Waals surface area (Å²) in [5, 5.41) is 14.7. The number of thiocarbonyl (C=S) groups is 1. The average Bonchev–Trinajstić information content (AvgIpc) is 2.57. The van der Waals surface area contributed by atoms with E-state index in [1.807, 2.05) is 0 Å². The summed E-state index contributed by atoms with van der Waals surface area (Å²) >= 11 is 4.50. The van der Waals surface area contributed by atoms with Crippen LogP contribution in [0.15, 0.2) is 4.99 Å². The fourth-order valence-electron chi connectivity index (χ4n) is 2.79. The topological polar surface area (TPSA) is 61.7 Å². The van der Waals surface area contributed by atoms with E-state index in [4.69, 9.17) is 0 Å². The Kier molecular flexibility index (Phi) is 18.0. The van der Waals surface area contributed by atoms with Crippen molar-refractivity contribution in [2.24, 2.45) is 4.99 Å². The lowest BCUT2D eigenvalue weighted by atomic mass is 10.1. The zero-order chi connectivity index (χ0) is 17.9. The van der Waals surface area contributed by atoms with Crippen molar-refractivity contribution in [2.45, 2.75) is 96.4 Å². The number of aliphatic carboxylic acids is 1. The minimum Gasteiger partial charge on any atom is -0.480 e. The highest BCUT2D eigenvalue weighted by molar-refractivity contribution is 7.78. The second kappa shape index (κ2) is 18.6. The molecule has 0 amide bonds. The lowest BCUT2D eigenvalue weighted by molar-refractivity contribution is -0.139. The van der Waals surface area contributed by atoms with Gasteiger partial charge in [-0.05, 0) is 44.4 Å². The van der Waals surface area contributed by atoms with Gasteiger partial charge in [-0.15, -0.1) is 0 Å². The highest BCUT2D eigenvalue weighted by atomic mass is 32.1. The van der Waals surface area contributed by atoms with Crippen molar-refractivity contribution in [1.82, 2.24) is 5.32 Å². The second-order valence-corrected chi connectivity index (χ2v) is 6.68. The van der Waals surface area contributed by atoms with Gasteiger partial charge in [0.05, 0.1) is 5.16 Å². The van der Waals surface area contributed by atoms with Gasteiger partial charge in [-0.3, -0.25) is 4.79 Å². The molecule has 0 bridgehead atoms. The molecule has 0 aromatic carbocycles. The Balaban J connectivity index is 3.47. The fourth-order valence-corrected chi connectivity index (χ4v) is 2.88. The third-order valence-corrected chi connectivity index (χ3v) is 4.43. The molecule has 24 heavy (non-hydrogen) atoms. The average molecular weight is 357 g/mol. The van der Waals surface area contributed by atoms with Crippen molar-refractivity contribution in [3.8, 4) is 0 Å². The summed E-state index contributed by atoms with van der Waals surface area (Å²) in [6, 6.07) is -0.431. The molecule has 140 valence electrons. The normalized spacial score (nSPS) is 11.9. The van der Waals surface area contributed by atoms with Crippen LogP contribution in [0.5, 0.6) is 0 Å². The van der Waals surface area contributed by atoms with Gasteiger partial charge < -0.3 is 10.4 Å². The summed E-state index contributed by atoms with van der Waals surface area (Å²) in [7, 11) is 0. The summed E-state index contributed by atoms with van der Waals surface area (Å²) in [5.74, 6) is -0.750. The molecule has 0 aliphatic carbocycles. The quantitative estimate of drug-likeness (QED) is 0.201. The van der Waals surface area contributed by atoms with Crippen LogP contribution in [0.3, 0.4) is 0 Å². The molecule has 0 aromatic heterocycles. The van der Waals surface area contributed by atoms with Gasteiger partial charge in [0.15, 0.2) is 0 Å². The fraction of sp³-hybridized carbons (Fsp3) is 0.895. The van der Waals surface area contributed by atoms with Gasteiger partial charge in [-0.1, -0.05) is 64.7 Å². The van der Waals surface area contributed by atoms with E-state index in [1.54, 1.807) is 0 Å². The molecule has 0 radical (unpaired) electrons. The largest absolute Gasteiger partial charge is 0.480 e. The first-order chi connectivity index (χ1) is 11.7. The Morgan fingerprint density at radius 1 is 1.00 bits per heavy atom. The van der Waals surface area contributed by atoms with Gasteiger partial charge in [0.1, 0.15) is 6.04 Å². The molecule has 0 saturated carbocycles. The van der Waals surface area contributed by atoms with Crippen LogP contribution < -0.4 is 5.32 Å². The summed E-state index contributed by atoms with van der Waals surface area (Å²) in [5.41, 5.74) is 0. The van der Waals surface area contributed by atoms with Gasteiger partial charge in [0, 0.05) is 6.54 Å². The molecule has 0 spiro atoms. The lowest BCUT2D eigenvalue weighted by Gasteiger charge is -2.14. The maximum atomic E-state index is 11.2. The van der Waals surface area contributed by atoms with E-state index in [-0.39, 0.29) is 0 Å². The minimum absolute atomic E-state index is 0.431. The third-order valence-electron chi connectivity index (χ3n) is 4.30. The van der Waals surface area contributed by atoms with Crippen molar-refractivity contribution < 1.29 is 9.90 Å². The lowest BCUT2D eigenvalue weighted by Crippen LogP contribution is -2.37. The predicted octanol–water partition coefficient (Wildman–Crippen LogP) is 5.22. The van der Waals surface area contributed by atoms with Gasteiger partial charge in [0.25, 0.3) is 0 Å². The second-order valence-electron chi connectivity index (χ2n) is 6.50. The van der Waals surface area contributed by atoms with Crippen molar-refractivity contribution >= 4 is 23.3 Å². The molecule has 0 fully saturated rings. The minimum atomic E-state index is -0.750. The van der Waals surface area contributed by atoms with Crippen molar-refractivity contribution in [2.75, 3.05) is 13.1 Å². The van der Waals surface area contributed by atoms with E-state index in [1.165, 1.54) is 57.8 Å². The van der Waals surface area contributed by atoms with Gasteiger partial charge in [0.2, 0.25) is 0 Å². The predicted molar refractivity (Wildman–Crippen MR) is 105 cm³/mol. The van der Waals surface area contributed by atoms with Crippen LogP contribution in [0, 0.1) is 0 Å². The van der Waals surface area contributed by atoms with Crippen LogP contribution in [-0.4, -0.2) is 35.4 Å². The number of hydrogen-bond acceptors (Lipinski definition) is 4. The van der Waals surface area contributed by atoms with Crippen LogP contribution in [0.2, 0.25) is 0 Å². The molecular formula is C19H36N2O2S. The molecule has 0 rings (SSSR count). The molecule has 0 heterocycles. The third kappa shape index (κ3) is 16.1. The number of isothiocyanates is 1. The van der Waals surface area contributed by atoms with E-state index < -0.39 is 12.0 Å². The monoisotopic (exact) mass is 356 g/mol. The molecule has 5 heteroatoms. The molecule has 0 aliphatic rings. The Hall–Kier alpha value is -0.770. The highest BCUT2D eigenvalue weighted by Gasteiger charge is 2.15. The van der Waals surface area contributed by atoms with Gasteiger partial charge >= 0.3 is 5.97 Å². The maximum absolute atomic E-state index is 11.2. The van der Waals surface area contributed by atoms with Crippen LogP contribution in [0.25, 0.3) is 0 Å². The number of nitrogens with zero attached hydrogens (tertiary/aromatic N) is 1. The number of hydrogen-bond donors (Lipinski definition) is 2. The van der Waals surface area contributed by atoms with Crippen molar-refractivity contribution in [1.29, 1.82) is 0 Å². The SMILES string of the molecule is CCCCCCCCCCCCNC(CCCCN=C=S)C(=O)O. The standard InChI is InChI=1S/C19H36N2O2S/c1-2-3-4-5-6-7-8-9-10-12-16-21-18(19(22)23)14-11-13-15-20-17-24/h18,21H,2-16H2,1H3,(H,22,23). The van der Waals surface area contributed by atoms with Gasteiger partial charge in [-0.2, -0.15) is 0 Å². The zero-order valence-corrected chi connectivity index (χ0v) is 16.2. The maximum Gasteiger partial charge on any atom is 0.320 e. The Morgan fingerprint density at radius 3 is 2.12 bits per heavy atom. The Labute approximate surface area is 153 Å². The summed E-state index contributed by atoms with van der Waals surface area (Å²) in [6.45, 7) is 3.69. The zero-order valence-electron chi connectivity index (χ0n) is 15.4. The van der Waals surface area contributed by atoms with E-state index in [0.717, 1.165) is 25.8 Å². The number of carbonyl (C=O) groups is 1. The van der Waals surface area contributed by atoms with E-state index >= 15 is 0 Å².